The molecule has 0 aliphatic carbocycles. The summed E-state index contributed by atoms with van der Waals surface area (Å²) in [6.45, 7) is 0. The molecule has 1 aromatic heterocycles. The second-order valence-electron chi connectivity index (χ2n) is 3.69. The second-order valence-corrected chi connectivity index (χ2v) is 5.97. The molecule has 0 amide bonds. The van der Waals surface area contributed by atoms with Gasteiger partial charge in [0.2, 0.25) is 0 Å². The summed E-state index contributed by atoms with van der Waals surface area (Å²) in [5.74, 6) is -1.80. The Bertz CT molecular complexity index is 593. The molecule has 1 aromatic carbocycles. The Morgan fingerprint density at radius 2 is 1.79 bits per heavy atom. The number of hydrogen-bond donors (Lipinski definition) is 1. The predicted molar refractivity (Wildman–Crippen MR) is 71.3 cm³/mol. The van der Waals surface area contributed by atoms with Crippen LogP contribution in [-0.2, 0) is 0 Å². The van der Waals surface area contributed by atoms with E-state index in [1.54, 1.807) is 0 Å². The van der Waals surface area contributed by atoms with Crippen LogP contribution < -0.4 is 4.74 Å². The highest BCUT2D eigenvalue weighted by molar-refractivity contribution is 7.20. The third-order valence-electron chi connectivity index (χ3n) is 2.54. The van der Waals surface area contributed by atoms with Crippen LogP contribution in [0.15, 0.2) is 18.2 Å². The lowest BCUT2D eigenvalue weighted by atomic mass is 10.0. The molecular weight excluding hydrogens is 317 g/mol. The molecule has 0 aliphatic heterocycles. The van der Waals surface area contributed by atoms with E-state index in [-0.39, 0.29) is 15.6 Å². The smallest absolute Gasteiger partial charge is 0.135 e. The summed E-state index contributed by atoms with van der Waals surface area (Å²) >= 11 is 12.6. The van der Waals surface area contributed by atoms with Crippen LogP contribution in [0.1, 0.15) is 17.2 Å². The molecule has 0 aliphatic rings. The fourth-order valence-electron chi connectivity index (χ4n) is 1.64. The molecule has 2 rings (SSSR count). The minimum atomic E-state index is -1.53. The standard InChI is InChI=1S/C12H8Cl2F2O2S/c1-18-5-2-7(15)10(8(16)3-5)11(17)6-4-9(13)19-12(6)14/h2-4,11,17H,1H3. The lowest BCUT2D eigenvalue weighted by molar-refractivity contribution is 0.209. The summed E-state index contributed by atoms with van der Waals surface area (Å²) in [6.07, 6.45) is -1.53. The molecule has 0 fully saturated rings. The average Bonchev–Trinajstić information content (AvgIpc) is 2.67. The Kier molecular flexibility index (Phi) is 4.30. The highest BCUT2D eigenvalue weighted by Crippen LogP contribution is 2.39. The molecule has 2 aromatic rings. The van der Waals surface area contributed by atoms with Gasteiger partial charge < -0.3 is 9.84 Å². The molecular formula is C12H8Cl2F2O2S. The third kappa shape index (κ3) is 2.84. The van der Waals surface area contributed by atoms with Crippen LogP contribution in [0.2, 0.25) is 8.67 Å². The van der Waals surface area contributed by atoms with Crippen LogP contribution in [0.4, 0.5) is 8.78 Å². The monoisotopic (exact) mass is 324 g/mol. The van der Waals surface area contributed by atoms with Gasteiger partial charge >= 0.3 is 0 Å². The van der Waals surface area contributed by atoms with Gasteiger partial charge in [-0.25, -0.2) is 8.78 Å². The van der Waals surface area contributed by atoms with Crippen molar-refractivity contribution >= 4 is 34.5 Å². The maximum absolute atomic E-state index is 13.8. The summed E-state index contributed by atoms with van der Waals surface area (Å²) in [5, 5.41) is 10.1. The number of halogens is 4. The van der Waals surface area contributed by atoms with Gasteiger partial charge in [0.05, 0.1) is 17.0 Å². The van der Waals surface area contributed by atoms with Gasteiger partial charge in [-0.05, 0) is 6.07 Å². The molecule has 7 heteroatoms. The van der Waals surface area contributed by atoms with Crippen LogP contribution in [0, 0.1) is 11.6 Å². The lowest BCUT2D eigenvalue weighted by Crippen LogP contribution is -2.06. The summed E-state index contributed by atoms with van der Waals surface area (Å²) in [4.78, 5) is 0. The molecule has 1 unspecified atom stereocenters. The van der Waals surface area contributed by atoms with Crippen molar-refractivity contribution in [3.05, 3.63) is 49.6 Å². The molecule has 0 radical (unpaired) electrons. The maximum atomic E-state index is 13.8. The first-order valence-corrected chi connectivity index (χ1v) is 6.67. The molecule has 1 atom stereocenters. The number of aliphatic hydroxyl groups excluding tert-OH is 1. The Morgan fingerprint density at radius 3 is 2.21 bits per heavy atom. The number of thiophene rings is 1. The van der Waals surface area contributed by atoms with E-state index in [2.05, 4.69) is 0 Å². The van der Waals surface area contributed by atoms with Crippen molar-refractivity contribution in [2.45, 2.75) is 6.10 Å². The average molecular weight is 325 g/mol. The second kappa shape index (κ2) is 5.63. The Labute approximate surface area is 122 Å². The van der Waals surface area contributed by atoms with Crippen molar-refractivity contribution in [3.8, 4) is 5.75 Å². The number of methoxy groups -OCH3 is 1. The molecule has 102 valence electrons. The summed E-state index contributed by atoms with van der Waals surface area (Å²) in [7, 11) is 1.29. The molecule has 0 saturated carbocycles. The molecule has 1 heterocycles. The summed E-state index contributed by atoms with van der Waals surface area (Å²) < 4.78 is 32.9. The van der Waals surface area contributed by atoms with Crippen molar-refractivity contribution < 1.29 is 18.6 Å². The van der Waals surface area contributed by atoms with Gasteiger partial charge in [0, 0.05) is 17.7 Å². The van der Waals surface area contributed by atoms with Crippen molar-refractivity contribution in [2.24, 2.45) is 0 Å². The first kappa shape index (κ1) is 14.5. The zero-order valence-electron chi connectivity index (χ0n) is 9.58. The largest absolute Gasteiger partial charge is 0.497 e. The maximum Gasteiger partial charge on any atom is 0.135 e. The van der Waals surface area contributed by atoms with Crippen LogP contribution in [-0.4, -0.2) is 12.2 Å². The zero-order chi connectivity index (χ0) is 14.2. The van der Waals surface area contributed by atoms with E-state index in [1.165, 1.54) is 13.2 Å². The van der Waals surface area contributed by atoms with Crippen molar-refractivity contribution in [2.75, 3.05) is 7.11 Å². The summed E-state index contributed by atoms with van der Waals surface area (Å²) in [5.41, 5.74) is -0.322. The normalized spacial score (nSPS) is 12.5. The van der Waals surface area contributed by atoms with Gasteiger partial charge in [0.15, 0.2) is 0 Å². The van der Waals surface area contributed by atoms with Gasteiger partial charge in [-0.1, -0.05) is 23.2 Å². The molecule has 1 N–H and O–H groups in total. The minimum absolute atomic E-state index is 0.0281. The van der Waals surface area contributed by atoms with E-state index >= 15 is 0 Å². The highest BCUT2D eigenvalue weighted by atomic mass is 35.5. The van der Waals surface area contributed by atoms with Crippen LogP contribution >= 0.6 is 34.5 Å². The van der Waals surface area contributed by atoms with Crippen molar-refractivity contribution in [1.82, 2.24) is 0 Å². The number of ether oxygens (including phenoxy) is 1. The van der Waals surface area contributed by atoms with E-state index in [9.17, 15) is 13.9 Å². The third-order valence-corrected chi connectivity index (χ3v) is 4.06. The van der Waals surface area contributed by atoms with Gasteiger partial charge in [0.1, 0.15) is 27.8 Å². The quantitative estimate of drug-likeness (QED) is 0.905. The van der Waals surface area contributed by atoms with Crippen LogP contribution in [0.5, 0.6) is 5.75 Å². The van der Waals surface area contributed by atoms with Gasteiger partial charge in [-0.2, -0.15) is 0 Å². The minimum Gasteiger partial charge on any atom is -0.497 e. The SMILES string of the molecule is COc1cc(F)c(C(O)c2cc(Cl)sc2Cl)c(F)c1. The molecule has 0 bridgehead atoms. The highest BCUT2D eigenvalue weighted by Gasteiger charge is 2.24. The predicted octanol–water partition coefficient (Wildman–Crippen LogP) is 4.42. The van der Waals surface area contributed by atoms with Crippen molar-refractivity contribution in [3.63, 3.8) is 0 Å². The Hall–Kier alpha value is -0.880. The first-order chi connectivity index (χ1) is 8.93. The fourth-order valence-corrected chi connectivity index (χ4v) is 3.16. The van der Waals surface area contributed by atoms with Gasteiger partial charge in [-0.15, -0.1) is 11.3 Å². The van der Waals surface area contributed by atoms with Crippen LogP contribution in [0.3, 0.4) is 0 Å². The number of hydrogen-bond acceptors (Lipinski definition) is 3. The summed E-state index contributed by atoms with van der Waals surface area (Å²) in [6, 6.07) is 3.36. The Morgan fingerprint density at radius 1 is 1.21 bits per heavy atom. The molecule has 0 saturated heterocycles. The number of rotatable bonds is 3. The fraction of sp³-hybridized carbons (Fsp3) is 0.167. The molecule has 0 spiro atoms. The van der Waals surface area contributed by atoms with E-state index in [4.69, 9.17) is 27.9 Å². The Balaban J connectivity index is 2.50. The van der Waals surface area contributed by atoms with Gasteiger partial charge in [0.25, 0.3) is 0 Å². The molecule has 19 heavy (non-hydrogen) atoms. The van der Waals surface area contributed by atoms with Gasteiger partial charge in [-0.3, -0.25) is 0 Å². The van der Waals surface area contributed by atoms with Crippen molar-refractivity contribution in [1.29, 1.82) is 0 Å². The van der Waals surface area contributed by atoms with Crippen LogP contribution in [0.25, 0.3) is 0 Å². The molecule has 2 nitrogen and oxygen atoms in total. The topological polar surface area (TPSA) is 29.5 Å². The van der Waals surface area contributed by atoms with E-state index < -0.39 is 23.3 Å². The lowest BCUT2D eigenvalue weighted by Gasteiger charge is -2.13. The number of benzene rings is 1. The van der Waals surface area contributed by atoms with E-state index in [0.29, 0.717) is 4.34 Å². The van der Waals surface area contributed by atoms with E-state index in [1.807, 2.05) is 0 Å². The number of aliphatic hydroxyl groups is 1. The first-order valence-electron chi connectivity index (χ1n) is 5.09. The van der Waals surface area contributed by atoms with E-state index in [0.717, 1.165) is 23.5 Å². The zero-order valence-corrected chi connectivity index (χ0v) is 11.9.